The van der Waals surface area contributed by atoms with Crippen LogP contribution in [-0.2, 0) is 4.79 Å². The Morgan fingerprint density at radius 1 is 1.47 bits per heavy atom. The molecular formula is C13H19N3O. The van der Waals surface area contributed by atoms with Gasteiger partial charge in [-0.05, 0) is 32.4 Å². The predicted molar refractivity (Wildman–Crippen MR) is 66.3 cm³/mol. The average molecular weight is 233 g/mol. The molecule has 1 fully saturated rings. The van der Waals surface area contributed by atoms with Crippen molar-refractivity contribution in [1.29, 1.82) is 0 Å². The molecule has 0 aliphatic carbocycles. The summed E-state index contributed by atoms with van der Waals surface area (Å²) in [4.78, 5) is 18.1. The maximum atomic E-state index is 11.9. The van der Waals surface area contributed by atoms with Gasteiger partial charge in [-0.25, -0.2) is 0 Å². The first-order valence-corrected chi connectivity index (χ1v) is 6.00. The molecule has 1 aromatic heterocycles. The second kappa shape index (κ2) is 4.45. The fourth-order valence-corrected chi connectivity index (χ4v) is 2.41. The Hall–Kier alpha value is -1.42. The molecule has 2 unspecified atom stereocenters. The van der Waals surface area contributed by atoms with Crippen molar-refractivity contribution in [2.75, 3.05) is 0 Å². The number of nitrogens with zero attached hydrogens (tertiary/aromatic N) is 2. The minimum atomic E-state index is -0.153. The Morgan fingerprint density at radius 2 is 2.18 bits per heavy atom. The SMILES string of the molecule is Cc1ccc(C2C(N)CC(=O)N2C(C)C)nc1. The van der Waals surface area contributed by atoms with E-state index in [2.05, 4.69) is 4.98 Å². The zero-order chi connectivity index (χ0) is 12.6. The fraction of sp³-hybridized carbons (Fsp3) is 0.538. The van der Waals surface area contributed by atoms with Crippen LogP contribution in [0.15, 0.2) is 18.3 Å². The first-order chi connectivity index (χ1) is 8.00. The summed E-state index contributed by atoms with van der Waals surface area (Å²) < 4.78 is 0. The zero-order valence-electron chi connectivity index (χ0n) is 10.6. The summed E-state index contributed by atoms with van der Waals surface area (Å²) in [6, 6.07) is 3.90. The van der Waals surface area contributed by atoms with Gasteiger partial charge in [0.05, 0.1) is 11.7 Å². The Balaban J connectivity index is 2.34. The van der Waals surface area contributed by atoms with Crippen molar-refractivity contribution < 1.29 is 4.79 Å². The maximum absolute atomic E-state index is 11.9. The quantitative estimate of drug-likeness (QED) is 0.840. The molecule has 17 heavy (non-hydrogen) atoms. The molecule has 0 bridgehead atoms. The molecule has 0 radical (unpaired) electrons. The highest BCUT2D eigenvalue weighted by atomic mass is 16.2. The Labute approximate surface area is 102 Å². The van der Waals surface area contributed by atoms with Crippen molar-refractivity contribution in [1.82, 2.24) is 9.88 Å². The third kappa shape index (κ3) is 2.17. The van der Waals surface area contributed by atoms with Crippen molar-refractivity contribution in [2.45, 2.75) is 45.3 Å². The number of amides is 1. The van der Waals surface area contributed by atoms with Gasteiger partial charge in [0.25, 0.3) is 0 Å². The number of carbonyl (C=O) groups is 1. The van der Waals surface area contributed by atoms with Crippen LogP contribution >= 0.6 is 0 Å². The lowest BCUT2D eigenvalue weighted by molar-refractivity contribution is -0.130. The van der Waals surface area contributed by atoms with Gasteiger partial charge >= 0.3 is 0 Å². The molecule has 4 heteroatoms. The van der Waals surface area contributed by atoms with Crippen LogP contribution in [0, 0.1) is 6.92 Å². The smallest absolute Gasteiger partial charge is 0.225 e. The molecule has 2 atom stereocenters. The first-order valence-electron chi connectivity index (χ1n) is 6.00. The molecule has 1 amide bonds. The number of aromatic nitrogens is 1. The zero-order valence-corrected chi connectivity index (χ0v) is 10.6. The summed E-state index contributed by atoms with van der Waals surface area (Å²) in [6.45, 7) is 6.02. The molecule has 1 saturated heterocycles. The van der Waals surface area contributed by atoms with Gasteiger partial charge in [0.15, 0.2) is 0 Å². The van der Waals surface area contributed by atoms with E-state index in [4.69, 9.17) is 5.73 Å². The largest absolute Gasteiger partial charge is 0.330 e. The van der Waals surface area contributed by atoms with E-state index >= 15 is 0 Å². The minimum Gasteiger partial charge on any atom is -0.330 e. The molecule has 92 valence electrons. The number of carbonyl (C=O) groups excluding carboxylic acids is 1. The summed E-state index contributed by atoms with van der Waals surface area (Å²) in [5, 5.41) is 0. The van der Waals surface area contributed by atoms with E-state index in [0.717, 1.165) is 11.3 Å². The lowest BCUT2D eigenvalue weighted by atomic mass is 10.0. The highest BCUT2D eigenvalue weighted by Crippen LogP contribution is 2.32. The molecule has 4 nitrogen and oxygen atoms in total. The second-order valence-electron chi connectivity index (χ2n) is 4.97. The molecule has 0 saturated carbocycles. The van der Waals surface area contributed by atoms with E-state index in [-0.39, 0.29) is 24.0 Å². The van der Waals surface area contributed by atoms with Crippen LogP contribution in [0.2, 0.25) is 0 Å². The van der Waals surface area contributed by atoms with Crippen LogP contribution in [0.4, 0.5) is 0 Å². The summed E-state index contributed by atoms with van der Waals surface area (Å²) >= 11 is 0. The third-order valence-electron chi connectivity index (χ3n) is 3.20. The van der Waals surface area contributed by atoms with Crippen molar-refractivity contribution in [3.63, 3.8) is 0 Å². The molecule has 0 spiro atoms. The van der Waals surface area contributed by atoms with Crippen LogP contribution in [0.25, 0.3) is 0 Å². The van der Waals surface area contributed by atoms with Gasteiger partial charge in [0.1, 0.15) is 0 Å². The lowest BCUT2D eigenvalue weighted by Crippen LogP contribution is -2.38. The normalized spacial score (nSPS) is 24.8. The lowest BCUT2D eigenvalue weighted by Gasteiger charge is -2.29. The number of nitrogens with two attached hydrogens (primary N) is 1. The highest BCUT2D eigenvalue weighted by Gasteiger charge is 2.40. The molecule has 2 N–H and O–H groups in total. The number of aryl methyl sites for hydroxylation is 1. The molecule has 1 aliphatic heterocycles. The van der Waals surface area contributed by atoms with E-state index in [1.165, 1.54) is 0 Å². The topological polar surface area (TPSA) is 59.2 Å². The number of hydrogen-bond acceptors (Lipinski definition) is 3. The Bertz CT molecular complexity index is 413. The van der Waals surface area contributed by atoms with Gasteiger partial charge in [-0.15, -0.1) is 0 Å². The first kappa shape index (κ1) is 12.0. The van der Waals surface area contributed by atoms with Gasteiger partial charge in [0.2, 0.25) is 5.91 Å². The van der Waals surface area contributed by atoms with Crippen molar-refractivity contribution >= 4 is 5.91 Å². The van der Waals surface area contributed by atoms with Gasteiger partial charge in [0, 0.05) is 24.7 Å². The monoisotopic (exact) mass is 233 g/mol. The summed E-state index contributed by atoms with van der Waals surface area (Å²) in [6.07, 6.45) is 2.24. The van der Waals surface area contributed by atoms with E-state index in [1.54, 1.807) is 0 Å². The highest BCUT2D eigenvalue weighted by molar-refractivity contribution is 5.80. The summed E-state index contributed by atoms with van der Waals surface area (Å²) in [7, 11) is 0. The van der Waals surface area contributed by atoms with Gasteiger partial charge < -0.3 is 10.6 Å². The summed E-state index contributed by atoms with van der Waals surface area (Å²) in [5.41, 5.74) is 8.07. The van der Waals surface area contributed by atoms with Crippen LogP contribution in [-0.4, -0.2) is 27.9 Å². The molecule has 1 aromatic rings. The van der Waals surface area contributed by atoms with E-state index in [9.17, 15) is 4.79 Å². The molecule has 2 heterocycles. The van der Waals surface area contributed by atoms with E-state index in [1.807, 2.05) is 44.0 Å². The van der Waals surface area contributed by atoms with Crippen molar-refractivity contribution in [3.8, 4) is 0 Å². The van der Waals surface area contributed by atoms with Gasteiger partial charge in [-0.2, -0.15) is 0 Å². The van der Waals surface area contributed by atoms with Gasteiger partial charge in [-0.1, -0.05) is 6.07 Å². The summed E-state index contributed by atoms with van der Waals surface area (Å²) in [5.74, 6) is 0.125. The molecule has 1 aliphatic rings. The predicted octanol–water partition coefficient (Wildman–Crippen LogP) is 1.40. The van der Waals surface area contributed by atoms with Crippen LogP contribution in [0.5, 0.6) is 0 Å². The minimum absolute atomic E-state index is 0.0805. The number of likely N-dealkylation sites (tertiary alicyclic amines) is 1. The van der Waals surface area contributed by atoms with E-state index in [0.29, 0.717) is 6.42 Å². The number of pyridine rings is 1. The average Bonchev–Trinajstić information content (AvgIpc) is 2.55. The van der Waals surface area contributed by atoms with Gasteiger partial charge in [-0.3, -0.25) is 9.78 Å². The number of hydrogen-bond donors (Lipinski definition) is 1. The van der Waals surface area contributed by atoms with Crippen molar-refractivity contribution in [2.24, 2.45) is 5.73 Å². The van der Waals surface area contributed by atoms with Crippen LogP contribution in [0.1, 0.15) is 37.6 Å². The molecule has 2 rings (SSSR count). The second-order valence-corrected chi connectivity index (χ2v) is 4.97. The number of rotatable bonds is 2. The van der Waals surface area contributed by atoms with E-state index < -0.39 is 0 Å². The standard InChI is InChI=1S/C13H19N3O/c1-8(2)16-12(17)6-10(14)13(16)11-5-4-9(3)7-15-11/h4-5,7-8,10,13H,6,14H2,1-3H3. The Morgan fingerprint density at radius 3 is 2.71 bits per heavy atom. The van der Waals surface area contributed by atoms with Crippen LogP contribution in [0.3, 0.4) is 0 Å². The maximum Gasteiger partial charge on any atom is 0.225 e. The fourth-order valence-electron chi connectivity index (χ4n) is 2.41. The Kier molecular flexibility index (Phi) is 3.15. The third-order valence-corrected chi connectivity index (χ3v) is 3.20. The molecule has 0 aromatic carbocycles. The van der Waals surface area contributed by atoms with Crippen LogP contribution < -0.4 is 5.73 Å². The van der Waals surface area contributed by atoms with Crippen molar-refractivity contribution in [3.05, 3.63) is 29.6 Å². The molecular weight excluding hydrogens is 214 g/mol.